The number of carbonyl (C=O) groups excluding carboxylic acids is 1. The molecule has 118 valence electrons. The van der Waals surface area contributed by atoms with Gasteiger partial charge in [0.15, 0.2) is 0 Å². The van der Waals surface area contributed by atoms with Crippen LogP contribution in [0.4, 0.5) is 0 Å². The molecule has 22 heavy (non-hydrogen) atoms. The zero-order valence-corrected chi connectivity index (χ0v) is 13.5. The zero-order chi connectivity index (χ0) is 15.2. The molecule has 3 aliphatic rings. The Bertz CT molecular complexity index is 579. The number of benzene rings is 1. The second-order valence-electron chi connectivity index (χ2n) is 7.42. The van der Waals surface area contributed by atoms with Crippen molar-refractivity contribution in [1.82, 2.24) is 10.2 Å². The van der Waals surface area contributed by atoms with Gasteiger partial charge in [-0.15, -0.1) is 0 Å². The maximum Gasteiger partial charge on any atom is 0.230 e. The number of rotatable bonds is 3. The fourth-order valence-electron chi connectivity index (χ4n) is 4.44. The number of fused-ring (bicyclic) bond motifs is 1. The molecule has 1 aromatic carbocycles. The molecule has 2 aliphatic heterocycles. The largest absolute Gasteiger partial charge is 0.351 e. The number of carbonyl (C=O) groups is 1. The Morgan fingerprint density at radius 1 is 1.23 bits per heavy atom. The Balaban J connectivity index is 1.48. The van der Waals surface area contributed by atoms with Gasteiger partial charge in [-0.2, -0.15) is 0 Å². The quantitative estimate of drug-likeness (QED) is 0.930. The molecule has 1 aliphatic carbocycles. The molecule has 1 amide bonds. The van der Waals surface area contributed by atoms with E-state index >= 15 is 0 Å². The number of nitrogens with one attached hydrogen (secondary N) is 1. The van der Waals surface area contributed by atoms with Gasteiger partial charge in [0.2, 0.25) is 5.91 Å². The van der Waals surface area contributed by atoms with Gasteiger partial charge in [0.1, 0.15) is 0 Å². The minimum atomic E-state index is -0.228. The Labute approximate surface area is 133 Å². The van der Waals surface area contributed by atoms with Gasteiger partial charge >= 0.3 is 0 Å². The molecular formula is C19H26N2O. The van der Waals surface area contributed by atoms with Crippen LogP contribution in [0, 0.1) is 6.92 Å². The molecule has 0 bridgehead atoms. The average Bonchev–Trinajstić information content (AvgIpc) is 3.25. The van der Waals surface area contributed by atoms with Crippen molar-refractivity contribution in [2.24, 2.45) is 0 Å². The molecule has 1 saturated carbocycles. The Kier molecular flexibility index (Phi) is 3.48. The van der Waals surface area contributed by atoms with Crippen molar-refractivity contribution in [3.05, 3.63) is 35.4 Å². The predicted molar refractivity (Wildman–Crippen MR) is 87.9 cm³/mol. The molecule has 3 heteroatoms. The van der Waals surface area contributed by atoms with Gasteiger partial charge in [0.05, 0.1) is 5.41 Å². The van der Waals surface area contributed by atoms with Crippen molar-refractivity contribution in [1.29, 1.82) is 0 Å². The van der Waals surface area contributed by atoms with Crippen LogP contribution in [0.5, 0.6) is 0 Å². The molecule has 0 radical (unpaired) electrons. The molecular weight excluding hydrogens is 272 g/mol. The van der Waals surface area contributed by atoms with E-state index in [1.165, 1.54) is 36.9 Å². The number of piperidine rings is 1. The molecule has 3 fully saturated rings. The summed E-state index contributed by atoms with van der Waals surface area (Å²) in [4.78, 5) is 15.5. The van der Waals surface area contributed by atoms with E-state index in [4.69, 9.17) is 0 Å². The highest BCUT2D eigenvalue weighted by Crippen LogP contribution is 2.48. The number of aryl methyl sites for hydroxylation is 1. The SMILES string of the molecule is Cc1cccc(C2(C(=O)NC3CCN4CCCCC34)CC2)c1. The fourth-order valence-corrected chi connectivity index (χ4v) is 4.44. The van der Waals surface area contributed by atoms with Crippen LogP contribution in [0.25, 0.3) is 0 Å². The van der Waals surface area contributed by atoms with Crippen LogP contribution in [0.1, 0.15) is 49.7 Å². The minimum Gasteiger partial charge on any atom is -0.351 e. The lowest BCUT2D eigenvalue weighted by atomic mass is 9.92. The van der Waals surface area contributed by atoms with Crippen molar-refractivity contribution in [2.75, 3.05) is 13.1 Å². The Hall–Kier alpha value is -1.35. The van der Waals surface area contributed by atoms with Crippen LogP contribution in [0.15, 0.2) is 24.3 Å². The first-order valence-electron chi connectivity index (χ1n) is 8.81. The maximum atomic E-state index is 12.9. The van der Waals surface area contributed by atoms with Crippen molar-refractivity contribution in [2.45, 2.75) is 62.9 Å². The summed E-state index contributed by atoms with van der Waals surface area (Å²) in [6.45, 7) is 4.49. The fraction of sp³-hybridized carbons (Fsp3) is 0.632. The van der Waals surface area contributed by atoms with E-state index in [1.54, 1.807) is 0 Å². The van der Waals surface area contributed by atoms with Crippen molar-refractivity contribution >= 4 is 5.91 Å². The first kappa shape index (κ1) is 14.3. The van der Waals surface area contributed by atoms with E-state index in [1.807, 2.05) is 0 Å². The number of hydrogen-bond donors (Lipinski definition) is 1. The molecule has 2 saturated heterocycles. The average molecular weight is 298 g/mol. The Morgan fingerprint density at radius 3 is 2.86 bits per heavy atom. The van der Waals surface area contributed by atoms with E-state index < -0.39 is 0 Å². The van der Waals surface area contributed by atoms with Gasteiger partial charge in [0.25, 0.3) is 0 Å². The molecule has 2 atom stereocenters. The molecule has 0 aromatic heterocycles. The first-order chi connectivity index (χ1) is 10.7. The van der Waals surface area contributed by atoms with E-state index in [0.717, 1.165) is 25.8 Å². The highest BCUT2D eigenvalue weighted by atomic mass is 16.2. The summed E-state index contributed by atoms with van der Waals surface area (Å²) < 4.78 is 0. The molecule has 4 rings (SSSR count). The minimum absolute atomic E-state index is 0.228. The number of nitrogens with zero attached hydrogens (tertiary/aromatic N) is 1. The topological polar surface area (TPSA) is 32.3 Å². The molecule has 2 unspecified atom stereocenters. The molecule has 2 heterocycles. The van der Waals surface area contributed by atoms with E-state index in [0.29, 0.717) is 12.1 Å². The monoisotopic (exact) mass is 298 g/mol. The van der Waals surface area contributed by atoms with Crippen molar-refractivity contribution in [3.63, 3.8) is 0 Å². The molecule has 3 nitrogen and oxygen atoms in total. The standard InChI is InChI=1S/C19H26N2O/c1-14-5-4-6-15(13-14)19(9-10-19)18(22)20-16-8-12-21-11-3-2-7-17(16)21/h4-6,13,16-17H,2-3,7-12H2,1H3,(H,20,22). The first-order valence-corrected chi connectivity index (χ1v) is 8.81. The van der Waals surface area contributed by atoms with Gasteiger partial charge in [0, 0.05) is 18.6 Å². The smallest absolute Gasteiger partial charge is 0.230 e. The third-order valence-electron chi connectivity index (χ3n) is 5.93. The second kappa shape index (κ2) is 5.38. The van der Waals surface area contributed by atoms with Crippen LogP contribution in [0.3, 0.4) is 0 Å². The van der Waals surface area contributed by atoms with Gasteiger partial charge < -0.3 is 5.32 Å². The second-order valence-corrected chi connectivity index (χ2v) is 7.42. The van der Waals surface area contributed by atoms with Gasteiger partial charge in [-0.05, 0) is 51.1 Å². The highest BCUT2D eigenvalue weighted by molar-refractivity contribution is 5.91. The van der Waals surface area contributed by atoms with E-state index in [-0.39, 0.29) is 11.3 Å². The summed E-state index contributed by atoms with van der Waals surface area (Å²) in [5.74, 6) is 0.274. The third kappa shape index (κ3) is 2.36. The van der Waals surface area contributed by atoms with Crippen molar-refractivity contribution in [3.8, 4) is 0 Å². The molecule has 1 N–H and O–H groups in total. The van der Waals surface area contributed by atoms with Gasteiger partial charge in [-0.1, -0.05) is 36.2 Å². The van der Waals surface area contributed by atoms with Gasteiger partial charge in [-0.3, -0.25) is 9.69 Å². The highest BCUT2D eigenvalue weighted by Gasteiger charge is 2.52. The predicted octanol–water partition coefficient (Wildman–Crippen LogP) is 2.77. The van der Waals surface area contributed by atoms with Crippen LogP contribution in [0.2, 0.25) is 0 Å². The lowest BCUT2D eigenvalue weighted by molar-refractivity contribution is -0.124. The number of hydrogen-bond acceptors (Lipinski definition) is 2. The maximum absolute atomic E-state index is 12.9. The summed E-state index contributed by atoms with van der Waals surface area (Å²) in [7, 11) is 0. The van der Waals surface area contributed by atoms with E-state index in [9.17, 15) is 4.79 Å². The van der Waals surface area contributed by atoms with Gasteiger partial charge in [-0.25, -0.2) is 0 Å². The molecule has 1 aromatic rings. The summed E-state index contributed by atoms with van der Waals surface area (Å²) in [6.07, 6.45) is 7.02. The lowest BCUT2D eigenvalue weighted by Crippen LogP contribution is -2.49. The van der Waals surface area contributed by atoms with Crippen LogP contribution >= 0.6 is 0 Å². The van der Waals surface area contributed by atoms with Crippen LogP contribution in [-0.4, -0.2) is 36.0 Å². The lowest BCUT2D eigenvalue weighted by Gasteiger charge is -2.33. The van der Waals surface area contributed by atoms with Crippen LogP contribution in [-0.2, 0) is 10.2 Å². The molecule has 0 spiro atoms. The Morgan fingerprint density at radius 2 is 2.09 bits per heavy atom. The normalized spacial score (nSPS) is 29.9. The zero-order valence-electron chi connectivity index (χ0n) is 13.5. The van der Waals surface area contributed by atoms with Crippen LogP contribution < -0.4 is 5.32 Å². The summed E-state index contributed by atoms with van der Waals surface area (Å²) in [5, 5.41) is 3.42. The summed E-state index contributed by atoms with van der Waals surface area (Å²) >= 11 is 0. The van der Waals surface area contributed by atoms with E-state index in [2.05, 4.69) is 41.4 Å². The third-order valence-corrected chi connectivity index (χ3v) is 5.93. The summed E-state index contributed by atoms with van der Waals surface area (Å²) in [6, 6.07) is 9.46. The number of amides is 1. The summed E-state index contributed by atoms with van der Waals surface area (Å²) in [5.41, 5.74) is 2.23. The van der Waals surface area contributed by atoms with Crippen molar-refractivity contribution < 1.29 is 4.79 Å².